The van der Waals surface area contributed by atoms with Crippen LogP contribution in [0.3, 0.4) is 0 Å². The highest BCUT2D eigenvalue weighted by atomic mass is 19.1. The molecule has 0 radical (unpaired) electrons. The molecule has 0 bridgehead atoms. The SMILES string of the molecule is Cc1cc(C)cc(N(C)C(=O)c2ccc(F)nc2)c1. The van der Waals surface area contributed by atoms with Crippen LogP contribution in [-0.4, -0.2) is 17.9 Å². The number of anilines is 1. The molecule has 2 rings (SSSR count). The zero-order chi connectivity index (χ0) is 14.0. The normalized spacial score (nSPS) is 10.3. The predicted molar refractivity (Wildman–Crippen MR) is 72.8 cm³/mol. The van der Waals surface area contributed by atoms with Crippen LogP contribution in [0.1, 0.15) is 21.5 Å². The van der Waals surface area contributed by atoms with Crippen LogP contribution in [0, 0.1) is 19.8 Å². The number of aromatic nitrogens is 1. The first-order valence-electron chi connectivity index (χ1n) is 5.95. The Morgan fingerprint density at radius 3 is 2.32 bits per heavy atom. The molecule has 1 heterocycles. The van der Waals surface area contributed by atoms with Crippen LogP contribution in [0.2, 0.25) is 0 Å². The Bertz CT molecular complexity index is 588. The molecular weight excluding hydrogens is 243 g/mol. The van der Waals surface area contributed by atoms with E-state index in [4.69, 9.17) is 0 Å². The number of benzene rings is 1. The molecule has 0 fully saturated rings. The third-order valence-corrected chi connectivity index (χ3v) is 2.87. The first kappa shape index (κ1) is 13.2. The van der Waals surface area contributed by atoms with Gasteiger partial charge in [-0.3, -0.25) is 4.79 Å². The summed E-state index contributed by atoms with van der Waals surface area (Å²) in [5, 5.41) is 0. The molecule has 0 aliphatic carbocycles. The number of hydrogen-bond acceptors (Lipinski definition) is 2. The lowest BCUT2D eigenvalue weighted by molar-refractivity contribution is 0.0992. The summed E-state index contributed by atoms with van der Waals surface area (Å²) < 4.78 is 12.7. The zero-order valence-electron chi connectivity index (χ0n) is 11.1. The average Bonchev–Trinajstić information content (AvgIpc) is 2.37. The van der Waals surface area contributed by atoms with Crippen LogP contribution in [0.4, 0.5) is 10.1 Å². The van der Waals surface area contributed by atoms with E-state index in [2.05, 4.69) is 4.98 Å². The van der Waals surface area contributed by atoms with Gasteiger partial charge in [0.05, 0.1) is 5.56 Å². The van der Waals surface area contributed by atoms with E-state index < -0.39 is 5.95 Å². The van der Waals surface area contributed by atoms with Crippen LogP contribution in [0.25, 0.3) is 0 Å². The molecule has 4 heteroatoms. The van der Waals surface area contributed by atoms with Crippen molar-refractivity contribution in [1.29, 1.82) is 0 Å². The highest BCUT2D eigenvalue weighted by Gasteiger charge is 2.14. The predicted octanol–water partition coefficient (Wildman–Crippen LogP) is 3.11. The van der Waals surface area contributed by atoms with E-state index in [1.54, 1.807) is 7.05 Å². The summed E-state index contributed by atoms with van der Waals surface area (Å²) in [7, 11) is 1.69. The van der Waals surface area contributed by atoms with Crippen molar-refractivity contribution < 1.29 is 9.18 Å². The van der Waals surface area contributed by atoms with Gasteiger partial charge in [-0.25, -0.2) is 4.98 Å². The second-order valence-electron chi connectivity index (χ2n) is 4.58. The van der Waals surface area contributed by atoms with Gasteiger partial charge in [-0.2, -0.15) is 4.39 Å². The van der Waals surface area contributed by atoms with Crippen molar-refractivity contribution in [3.63, 3.8) is 0 Å². The first-order chi connectivity index (χ1) is 8.97. The van der Waals surface area contributed by atoms with Crippen molar-refractivity contribution in [1.82, 2.24) is 4.98 Å². The molecule has 3 nitrogen and oxygen atoms in total. The number of rotatable bonds is 2. The van der Waals surface area contributed by atoms with E-state index >= 15 is 0 Å². The minimum absolute atomic E-state index is 0.211. The Balaban J connectivity index is 2.30. The van der Waals surface area contributed by atoms with Crippen LogP contribution in [0.15, 0.2) is 36.5 Å². The molecule has 2 aromatic rings. The summed E-state index contributed by atoms with van der Waals surface area (Å²) in [6, 6.07) is 8.53. The largest absolute Gasteiger partial charge is 0.311 e. The smallest absolute Gasteiger partial charge is 0.259 e. The Kier molecular flexibility index (Phi) is 3.60. The average molecular weight is 258 g/mol. The topological polar surface area (TPSA) is 33.2 Å². The first-order valence-corrected chi connectivity index (χ1v) is 5.95. The lowest BCUT2D eigenvalue weighted by Crippen LogP contribution is -2.26. The molecule has 19 heavy (non-hydrogen) atoms. The van der Waals surface area contributed by atoms with Gasteiger partial charge in [-0.05, 0) is 49.2 Å². The number of halogens is 1. The number of aryl methyl sites for hydroxylation is 2. The van der Waals surface area contributed by atoms with E-state index in [1.165, 1.54) is 23.2 Å². The number of carbonyl (C=O) groups is 1. The van der Waals surface area contributed by atoms with Crippen LogP contribution in [0.5, 0.6) is 0 Å². The molecule has 0 atom stereocenters. The maximum atomic E-state index is 12.7. The van der Waals surface area contributed by atoms with Gasteiger partial charge in [0.2, 0.25) is 5.95 Å². The van der Waals surface area contributed by atoms with Crippen molar-refractivity contribution in [2.75, 3.05) is 11.9 Å². The van der Waals surface area contributed by atoms with Crippen molar-refractivity contribution in [3.05, 3.63) is 59.2 Å². The number of carbonyl (C=O) groups excluding carboxylic acids is 1. The van der Waals surface area contributed by atoms with Crippen LogP contribution in [-0.2, 0) is 0 Å². The summed E-state index contributed by atoms with van der Waals surface area (Å²) in [6.07, 6.45) is 1.25. The van der Waals surface area contributed by atoms with E-state index in [-0.39, 0.29) is 5.91 Å². The second-order valence-corrected chi connectivity index (χ2v) is 4.58. The quantitative estimate of drug-likeness (QED) is 0.775. The lowest BCUT2D eigenvalue weighted by Gasteiger charge is -2.18. The molecule has 1 aromatic heterocycles. The fourth-order valence-corrected chi connectivity index (χ4v) is 1.96. The molecule has 0 unspecified atom stereocenters. The van der Waals surface area contributed by atoms with Gasteiger partial charge in [0.1, 0.15) is 0 Å². The minimum atomic E-state index is -0.592. The highest BCUT2D eigenvalue weighted by molar-refractivity contribution is 6.05. The molecule has 1 aromatic carbocycles. The Morgan fingerprint density at radius 1 is 1.16 bits per heavy atom. The van der Waals surface area contributed by atoms with E-state index in [0.29, 0.717) is 5.56 Å². The van der Waals surface area contributed by atoms with Gasteiger partial charge in [-0.1, -0.05) is 6.07 Å². The summed E-state index contributed by atoms with van der Waals surface area (Å²) in [5.74, 6) is -0.803. The summed E-state index contributed by atoms with van der Waals surface area (Å²) in [6.45, 7) is 3.96. The van der Waals surface area contributed by atoms with Gasteiger partial charge in [0.15, 0.2) is 0 Å². The Morgan fingerprint density at radius 2 is 1.79 bits per heavy atom. The van der Waals surface area contributed by atoms with Crippen molar-refractivity contribution in [2.45, 2.75) is 13.8 Å². The number of hydrogen-bond donors (Lipinski definition) is 0. The van der Waals surface area contributed by atoms with E-state index in [0.717, 1.165) is 16.8 Å². The molecule has 98 valence electrons. The molecule has 0 spiro atoms. The van der Waals surface area contributed by atoms with E-state index in [9.17, 15) is 9.18 Å². The third-order valence-electron chi connectivity index (χ3n) is 2.87. The van der Waals surface area contributed by atoms with E-state index in [1.807, 2.05) is 32.0 Å². The summed E-state index contributed by atoms with van der Waals surface area (Å²) in [4.78, 5) is 17.3. The molecule has 0 saturated carbocycles. The van der Waals surface area contributed by atoms with Crippen molar-refractivity contribution >= 4 is 11.6 Å². The molecular formula is C15H15FN2O. The Hall–Kier alpha value is -2.23. The highest BCUT2D eigenvalue weighted by Crippen LogP contribution is 2.19. The maximum absolute atomic E-state index is 12.7. The lowest BCUT2D eigenvalue weighted by atomic mass is 10.1. The van der Waals surface area contributed by atoms with Crippen LogP contribution >= 0.6 is 0 Å². The molecule has 0 N–H and O–H groups in total. The van der Waals surface area contributed by atoms with Gasteiger partial charge in [0.25, 0.3) is 5.91 Å². The van der Waals surface area contributed by atoms with Gasteiger partial charge in [-0.15, -0.1) is 0 Å². The van der Waals surface area contributed by atoms with Gasteiger partial charge >= 0.3 is 0 Å². The monoisotopic (exact) mass is 258 g/mol. The third kappa shape index (κ3) is 2.96. The standard InChI is InChI=1S/C15H15FN2O/c1-10-6-11(2)8-13(7-10)18(3)15(19)12-4-5-14(16)17-9-12/h4-9H,1-3H3. The summed E-state index contributed by atoms with van der Waals surface area (Å²) >= 11 is 0. The minimum Gasteiger partial charge on any atom is -0.311 e. The molecule has 0 aliphatic rings. The van der Waals surface area contributed by atoms with Crippen molar-refractivity contribution in [2.24, 2.45) is 0 Å². The fourth-order valence-electron chi connectivity index (χ4n) is 1.96. The summed E-state index contributed by atoms with van der Waals surface area (Å²) in [5.41, 5.74) is 3.36. The van der Waals surface area contributed by atoms with Gasteiger partial charge < -0.3 is 4.90 Å². The number of pyridine rings is 1. The van der Waals surface area contributed by atoms with Crippen LogP contribution < -0.4 is 4.90 Å². The number of nitrogens with zero attached hydrogens (tertiary/aromatic N) is 2. The fraction of sp³-hybridized carbons (Fsp3) is 0.200. The van der Waals surface area contributed by atoms with Gasteiger partial charge in [0, 0.05) is 18.9 Å². The second kappa shape index (κ2) is 5.18. The molecule has 1 amide bonds. The Labute approximate surface area is 111 Å². The number of amides is 1. The molecule has 0 aliphatic heterocycles. The molecule has 0 saturated heterocycles. The zero-order valence-corrected chi connectivity index (χ0v) is 11.1. The maximum Gasteiger partial charge on any atom is 0.259 e. The van der Waals surface area contributed by atoms with Crippen molar-refractivity contribution in [3.8, 4) is 0 Å².